The van der Waals surface area contributed by atoms with Gasteiger partial charge in [-0.05, 0) is 55.9 Å². The normalized spacial score (nSPS) is 15.3. The largest absolute Gasteiger partial charge is 0.480 e. The zero-order valence-electron chi connectivity index (χ0n) is 41.4. The van der Waals surface area contributed by atoms with Gasteiger partial charge < -0.3 is 84.5 Å². The van der Waals surface area contributed by atoms with Crippen molar-refractivity contribution in [3.63, 3.8) is 0 Å². The predicted molar refractivity (Wildman–Crippen MR) is 257 cm³/mol. The number of carboxylic acid groups (broad SMARTS) is 1. The number of carbonyl (C=O) groups is 9. The van der Waals surface area contributed by atoms with E-state index in [1.165, 1.54) is 6.92 Å². The van der Waals surface area contributed by atoms with Gasteiger partial charge in [0.2, 0.25) is 41.4 Å². The lowest BCUT2D eigenvalue weighted by molar-refractivity contribution is -0.143. The van der Waals surface area contributed by atoms with E-state index in [1.54, 1.807) is 71.9 Å². The molecule has 0 radical (unpaired) electrons. The number of ether oxygens (including phenoxy) is 1. The number of nitrogens with two attached hydrogens (primary N) is 2. The van der Waals surface area contributed by atoms with E-state index in [2.05, 4.69) is 47.9 Å². The summed E-state index contributed by atoms with van der Waals surface area (Å²) in [5.41, 5.74) is 12.1. The number of amides is 8. The van der Waals surface area contributed by atoms with Gasteiger partial charge >= 0.3 is 12.1 Å². The Balaban J connectivity index is 3.22. The molecule has 0 spiro atoms. The summed E-state index contributed by atoms with van der Waals surface area (Å²) in [5, 5.41) is 69.1. The fraction of sp³-hybridized carbons (Fsp3) is 0.644. The van der Waals surface area contributed by atoms with Gasteiger partial charge in [0.15, 0.2) is 5.96 Å². The van der Waals surface area contributed by atoms with Crippen LogP contribution >= 0.6 is 0 Å². The van der Waals surface area contributed by atoms with Gasteiger partial charge in [-0.3, -0.25) is 39.0 Å². The molecule has 400 valence electrons. The molecule has 0 saturated carbocycles. The van der Waals surface area contributed by atoms with Crippen LogP contribution in [0.5, 0.6) is 0 Å². The molecule has 10 atom stereocenters. The van der Waals surface area contributed by atoms with Crippen molar-refractivity contribution in [3.8, 4) is 0 Å². The zero-order chi connectivity index (χ0) is 54.0. The Hall–Kier alpha value is -6.64. The first-order chi connectivity index (χ1) is 33.3. The second-order valence-corrected chi connectivity index (χ2v) is 17.8. The second kappa shape index (κ2) is 32.3. The number of nitrogens with one attached hydrogen (secondary N) is 10. The average molecular weight is 1010 g/mol. The standard InChI is InChI=1S/C45H76N12O14/c1-8-25(6)34(56-38(63)28(15-12-17-49-44(47)48)53-39(64)30(19-23(2)3)54-40(65)33(46)36(61)24(4)5)42(67)57-35(26(7)59)41(66)51-20-32(60)52-29(37(62)55-31(21-58)43(68)69)16-18-50-45(70)71-22-27-13-10-9-11-14-27/h9-11,13-14,23-26,28-31,33-36,58-59,61H,8,12,15-22,46H2,1-7H3,(H,50,70)(H,51,66)(H,52,60)(H,53,64)(H,54,65)(H,55,62)(H,56,63)(H,57,67)(H,68,69)(H4,47,48,49)/t25-,26-,28+,29-,30-,31-,33-,34-,35-,36+/m0/s1. The SMILES string of the molecule is CC[C@H](C)[C@H](NC(=O)[C@@H](CCCNC(=N)N)NC(=O)[C@H](CC(C)C)NC(=O)[C@@H](N)[C@H](O)C(C)C)C(=O)N[C@H](C(=O)NCC(=O)N[C@@H](CCNC(=O)OCc1ccccc1)C(=O)N[C@@H](CO)C(=O)O)[C@H](C)O. The minimum Gasteiger partial charge on any atom is -0.480 e. The van der Waals surface area contributed by atoms with E-state index in [0.29, 0.717) is 12.0 Å². The van der Waals surface area contributed by atoms with Gasteiger partial charge in [-0.2, -0.15) is 0 Å². The van der Waals surface area contributed by atoms with E-state index in [0.717, 1.165) is 0 Å². The quantitative estimate of drug-likeness (QED) is 0.0189. The van der Waals surface area contributed by atoms with Crippen LogP contribution in [0.1, 0.15) is 86.1 Å². The summed E-state index contributed by atoms with van der Waals surface area (Å²) in [7, 11) is 0. The molecule has 26 heteroatoms. The van der Waals surface area contributed by atoms with Crippen LogP contribution in [-0.4, -0.2) is 161 Å². The van der Waals surface area contributed by atoms with Crippen molar-refractivity contribution in [2.24, 2.45) is 29.2 Å². The highest BCUT2D eigenvalue weighted by atomic mass is 16.5. The topological polar surface area (TPSA) is 428 Å². The summed E-state index contributed by atoms with van der Waals surface area (Å²) in [4.78, 5) is 118. The maximum Gasteiger partial charge on any atom is 0.407 e. The zero-order valence-corrected chi connectivity index (χ0v) is 41.4. The van der Waals surface area contributed by atoms with Gasteiger partial charge in [0.25, 0.3) is 0 Å². The molecular weight excluding hydrogens is 933 g/mol. The monoisotopic (exact) mass is 1010 g/mol. The predicted octanol–water partition coefficient (Wildman–Crippen LogP) is -3.51. The number of hydrogen-bond acceptors (Lipinski definition) is 15. The van der Waals surface area contributed by atoms with Crippen molar-refractivity contribution in [1.82, 2.24) is 47.9 Å². The Labute approximate surface area is 413 Å². The van der Waals surface area contributed by atoms with Gasteiger partial charge in [-0.1, -0.05) is 78.3 Å². The minimum absolute atomic E-state index is 0.0523. The molecule has 0 unspecified atom stereocenters. The first-order valence-electron chi connectivity index (χ1n) is 23.4. The van der Waals surface area contributed by atoms with E-state index < -0.39 is 127 Å². The van der Waals surface area contributed by atoms with Crippen LogP contribution in [0.2, 0.25) is 0 Å². The van der Waals surface area contributed by atoms with Crippen LogP contribution in [0.4, 0.5) is 4.79 Å². The van der Waals surface area contributed by atoms with Crippen LogP contribution in [0, 0.1) is 23.2 Å². The number of aliphatic hydroxyl groups is 3. The number of alkyl carbamates (subject to hydrolysis) is 1. The highest BCUT2D eigenvalue weighted by molar-refractivity contribution is 5.97. The summed E-state index contributed by atoms with van der Waals surface area (Å²) >= 11 is 0. The number of guanidine groups is 1. The average Bonchev–Trinajstić information content (AvgIpc) is 3.31. The molecule has 0 aliphatic carbocycles. The van der Waals surface area contributed by atoms with Crippen LogP contribution < -0.4 is 59.3 Å². The van der Waals surface area contributed by atoms with Crippen molar-refractivity contribution in [2.45, 2.75) is 142 Å². The van der Waals surface area contributed by atoms with Gasteiger partial charge in [0.05, 0.1) is 25.4 Å². The molecule has 71 heavy (non-hydrogen) atoms. The number of carbonyl (C=O) groups excluding carboxylic acids is 8. The highest BCUT2D eigenvalue weighted by Crippen LogP contribution is 2.13. The van der Waals surface area contributed by atoms with Crippen molar-refractivity contribution >= 4 is 59.4 Å². The number of hydrogen-bond donors (Lipinski definition) is 16. The minimum atomic E-state index is -1.75. The van der Waals surface area contributed by atoms with Gasteiger partial charge in [-0.25, -0.2) is 9.59 Å². The summed E-state index contributed by atoms with van der Waals surface area (Å²) in [6.07, 6.45) is -3.43. The Morgan fingerprint density at radius 1 is 0.676 bits per heavy atom. The van der Waals surface area contributed by atoms with Crippen molar-refractivity contribution in [3.05, 3.63) is 35.9 Å². The van der Waals surface area contributed by atoms with Crippen LogP contribution in [0.3, 0.4) is 0 Å². The third-order valence-electron chi connectivity index (χ3n) is 11.0. The molecule has 1 aromatic carbocycles. The molecule has 8 amide bonds. The summed E-state index contributed by atoms with van der Waals surface area (Å²) in [5.74, 6) is -9.53. The number of benzene rings is 1. The lowest BCUT2D eigenvalue weighted by Crippen LogP contribution is -2.62. The first-order valence-corrected chi connectivity index (χ1v) is 23.4. The van der Waals surface area contributed by atoms with E-state index in [9.17, 15) is 63.6 Å². The number of aliphatic hydroxyl groups excluding tert-OH is 3. The van der Waals surface area contributed by atoms with E-state index in [1.807, 2.05) is 0 Å². The first kappa shape index (κ1) is 62.4. The van der Waals surface area contributed by atoms with Crippen molar-refractivity contribution in [2.75, 3.05) is 26.2 Å². The van der Waals surface area contributed by atoms with Gasteiger partial charge in [-0.15, -0.1) is 0 Å². The molecule has 26 nitrogen and oxygen atoms in total. The number of carboxylic acids is 1. The lowest BCUT2D eigenvalue weighted by atomic mass is 9.96. The Kier molecular flexibility index (Phi) is 28.4. The maximum absolute atomic E-state index is 14.0. The molecular formula is C45H76N12O14. The van der Waals surface area contributed by atoms with Gasteiger partial charge in [0, 0.05) is 13.1 Å². The van der Waals surface area contributed by atoms with E-state index >= 15 is 0 Å². The molecule has 0 heterocycles. The molecule has 0 aliphatic rings. The van der Waals surface area contributed by atoms with E-state index in [4.69, 9.17) is 21.6 Å². The summed E-state index contributed by atoms with van der Waals surface area (Å²) < 4.78 is 5.13. The Bertz CT molecular complexity index is 1930. The Morgan fingerprint density at radius 2 is 1.24 bits per heavy atom. The van der Waals surface area contributed by atoms with Crippen molar-refractivity contribution in [1.29, 1.82) is 5.41 Å². The van der Waals surface area contributed by atoms with Crippen molar-refractivity contribution < 1.29 is 68.3 Å². The van der Waals surface area contributed by atoms with E-state index in [-0.39, 0.29) is 63.2 Å². The summed E-state index contributed by atoms with van der Waals surface area (Å²) in [6.45, 7) is 9.38. The van der Waals surface area contributed by atoms with Crippen LogP contribution in [-0.2, 0) is 49.7 Å². The highest BCUT2D eigenvalue weighted by Gasteiger charge is 2.36. The molecule has 1 aromatic rings. The molecule has 1 rings (SSSR count). The number of rotatable bonds is 32. The molecule has 0 aliphatic heterocycles. The fourth-order valence-corrected chi connectivity index (χ4v) is 6.56. The lowest BCUT2D eigenvalue weighted by Gasteiger charge is -2.30. The van der Waals surface area contributed by atoms with Crippen LogP contribution in [0.15, 0.2) is 30.3 Å². The van der Waals surface area contributed by atoms with Crippen LogP contribution in [0.25, 0.3) is 0 Å². The molecule has 0 aromatic heterocycles. The molecule has 0 bridgehead atoms. The third-order valence-corrected chi connectivity index (χ3v) is 11.0. The molecule has 18 N–H and O–H groups in total. The molecule has 0 saturated heterocycles. The fourth-order valence-electron chi connectivity index (χ4n) is 6.56. The summed E-state index contributed by atoms with van der Waals surface area (Å²) in [6, 6.07) is -1.55. The van der Waals surface area contributed by atoms with Gasteiger partial charge in [0.1, 0.15) is 48.9 Å². The third kappa shape index (κ3) is 23.7. The Morgan fingerprint density at radius 3 is 1.79 bits per heavy atom. The number of aliphatic carboxylic acids is 1. The smallest absolute Gasteiger partial charge is 0.407 e. The molecule has 0 fully saturated rings. The maximum atomic E-state index is 14.0. The second-order valence-electron chi connectivity index (χ2n) is 17.8.